The van der Waals surface area contributed by atoms with Crippen LogP contribution in [-0.2, 0) is 0 Å². The van der Waals surface area contributed by atoms with E-state index in [9.17, 15) is 0 Å². The molecule has 0 radical (unpaired) electrons. The summed E-state index contributed by atoms with van der Waals surface area (Å²) in [5.74, 6) is 0.746. The van der Waals surface area contributed by atoms with Crippen molar-refractivity contribution in [2.75, 3.05) is 18.2 Å². The lowest BCUT2D eigenvalue weighted by atomic mass is 10.2. The van der Waals surface area contributed by atoms with Crippen LogP contribution >= 0.6 is 0 Å². The Morgan fingerprint density at radius 3 is 2.80 bits per heavy atom. The van der Waals surface area contributed by atoms with Crippen LogP contribution in [0.3, 0.4) is 0 Å². The third kappa shape index (κ3) is 2.36. The Bertz CT molecular complexity index is 756. The van der Waals surface area contributed by atoms with Crippen LogP contribution in [0.4, 0.5) is 17.1 Å². The lowest BCUT2D eigenvalue weighted by Crippen LogP contribution is -1.97. The quantitative estimate of drug-likeness (QED) is 0.711. The van der Waals surface area contributed by atoms with Gasteiger partial charge in [-0.05, 0) is 36.4 Å². The molecule has 0 bridgehead atoms. The summed E-state index contributed by atoms with van der Waals surface area (Å²) in [6, 6.07) is 15.6. The van der Waals surface area contributed by atoms with Gasteiger partial charge in [-0.3, -0.25) is 4.98 Å². The van der Waals surface area contributed by atoms with Gasteiger partial charge in [-0.15, -0.1) is 0 Å². The number of nitrogen functional groups attached to an aromatic ring is 1. The lowest BCUT2D eigenvalue weighted by Gasteiger charge is -2.11. The first-order valence-electron chi connectivity index (χ1n) is 6.31. The highest BCUT2D eigenvalue weighted by molar-refractivity contribution is 5.84. The number of rotatable bonds is 3. The zero-order valence-electron chi connectivity index (χ0n) is 11.1. The van der Waals surface area contributed by atoms with Crippen LogP contribution in [0.25, 0.3) is 10.9 Å². The van der Waals surface area contributed by atoms with Gasteiger partial charge in [0.15, 0.2) is 0 Å². The summed E-state index contributed by atoms with van der Waals surface area (Å²) >= 11 is 0. The number of pyridine rings is 1. The van der Waals surface area contributed by atoms with Crippen molar-refractivity contribution in [3.63, 3.8) is 0 Å². The normalized spacial score (nSPS) is 10.4. The van der Waals surface area contributed by atoms with Crippen LogP contribution in [0.2, 0.25) is 0 Å². The Kier molecular flexibility index (Phi) is 3.13. The van der Waals surface area contributed by atoms with Crippen molar-refractivity contribution < 1.29 is 4.74 Å². The van der Waals surface area contributed by atoms with E-state index in [0.29, 0.717) is 5.69 Å². The van der Waals surface area contributed by atoms with Crippen LogP contribution in [0.1, 0.15) is 0 Å². The van der Waals surface area contributed by atoms with E-state index in [2.05, 4.69) is 10.3 Å². The third-order valence-electron chi connectivity index (χ3n) is 3.14. The molecule has 4 nitrogen and oxygen atoms in total. The molecule has 0 aliphatic heterocycles. The summed E-state index contributed by atoms with van der Waals surface area (Å²) < 4.78 is 5.14. The van der Waals surface area contributed by atoms with Gasteiger partial charge in [-0.1, -0.05) is 6.07 Å². The number of anilines is 3. The second-order valence-electron chi connectivity index (χ2n) is 4.49. The molecule has 20 heavy (non-hydrogen) atoms. The van der Waals surface area contributed by atoms with E-state index in [1.54, 1.807) is 19.4 Å². The molecule has 3 N–H and O–H groups in total. The van der Waals surface area contributed by atoms with Gasteiger partial charge in [-0.25, -0.2) is 0 Å². The smallest absolute Gasteiger partial charge is 0.121 e. The minimum Gasteiger partial charge on any atom is -0.497 e. The lowest BCUT2D eigenvalue weighted by molar-refractivity contribution is 0.415. The zero-order chi connectivity index (χ0) is 13.9. The van der Waals surface area contributed by atoms with Gasteiger partial charge in [0.2, 0.25) is 0 Å². The first-order chi connectivity index (χ1) is 9.76. The maximum atomic E-state index is 6.00. The molecular weight excluding hydrogens is 250 g/mol. The molecule has 2 aromatic carbocycles. The Hall–Kier alpha value is -2.75. The maximum absolute atomic E-state index is 6.00. The molecule has 0 unspecified atom stereocenters. The fourth-order valence-corrected chi connectivity index (χ4v) is 2.09. The summed E-state index contributed by atoms with van der Waals surface area (Å²) in [6.07, 6.45) is 1.79. The Morgan fingerprint density at radius 1 is 1.10 bits per heavy atom. The van der Waals surface area contributed by atoms with Crippen molar-refractivity contribution in [1.29, 1.82) is 0 Å². The van der Waals surface area contributed by atoms with Crippen LogP contribution in [-0.4, -0.2) is 12.1 Å². The molecule has 3 aromatic rings. The number of ether oxygens (including phenoxy) is 1. The van der Waals surface area contributed by atoms with Crippen LogP contribution in [0.15, 0.2) is 54.7 Å². The monoisotopic (exact) mass is 265 g/mol. The van der Waals surface area contributed by atoms with Crippen LogP contribution in [0.5, 0.6) is 5.75 Å². The molecule has 0 aliphatic rings. The summed E-state index contributed by atoms with van der Waals surface area (Å²) in [5, 5.41) is 4.39. The van der Waals surface area contributed by atoms with Gasteiger partial charge in [-0.2, -0.15) is 0 Å². The highest BCUT2D eigenvalue weighted by Gasteiger charge is 2.03. The van der Waals surface area contributed by atoms with Crippen LogP contribution < -0.4 is 15.8 Å². The minimum atomic E-state index is 0.649. The fourth-order valence-electron chi connectivity index (χ4n) is 2.09. The molecule has 0 saturated carbocycles. The molecule has 1 heterocycles. The van der Waals surface area contributed by atoms with Crippen molar-refractivity contribution in [2.45, 2.75) is 0 Å². The first-order valence-corrected chi connectivity index (χ1v) is 6.31. The van der Waals surface area contributed by atoms with Gasteiger partial charge in [0, 0.05) is 23.3 Å². The minimum absolute atomic E-state index is 0.649. The van der Waals surface area contributed by atoms with E-state index < -0.39 is 0 Å². The standard InChI is InChI=1S/C16H15N3O/c1-20-13-5-7-16(14(17)10-13)19-12-4-6-15-11(9-12)3-2-8-18-15/h2-10,19H,17H2,1H3. The summed E-state index contributed by atoms with van der Waals surface area (Å²) in [4.78, 5) is 4.30. The number of methoxy groups -OCH3 is 1. The number of benzene rings is 2. The van der Waals surface area contributed by atoms with E-state index in [1.807, 2.05) is 42.5 Å². The molecule has 4 heteroatoms. The van der Waals surface area contributed by atoms with Crippen molar-refractivity contribution in [3.8, 4) is 5.75 Å². The van der Waals surface area contributed by atoms with Crippen molar-refractivity contribution >= 4 is 28.0 Å². The molecule has 0 atom stereocenters. The largest absolute Gasteiger partial charge is 0.497 e. The zero-order valence-corrected chi connectivity index (χ0v) is 11.1. The van der Waals surface area contributed by atoms with Gasteiger partial charge in [0.1, 0.15) is 5.75 Å². The summed E-state index contributed by atoms with van der Waals surface area (Å²) in [5.41, 5.74) is 9.45. The number of aromatic nitrogens is 1. The SMILES string of the molecule is COc1ccc(Nc2ccc3ncccc3c2)c(N)c1. The maximum Gasteiger partial charge on any atom is 0.121 e. The van der Waals surface area contributed by atoms with Crippen molar-refractivity contribution in [3.05, 3.63) is 54.7 Å². The highest BCUT2D eigenvalue weighted by Crippen LogP contribution is 2.28. The van der Waals surface area contributed by atoms with Gasteiger partial charge >= 0.3 is 0 Å². The van der Waals surface area contributed by atoms with E-state index in [0.717, 1.165) is 28.0 Å². The van der Waals surface area contributed by atoms with Crippen LogP contribution in [0, 0.1) is 0 Å². The van der Waals surface area contributed by atoms with Gasteiger partial charge < -0.3 is 15.8 Å². The number of nitrogens with two attached hydrogens (primary N) is 1. The number of fused-ring (bicyclic) bond motifs is 1. The van der Waals surface area contributed by atoms with Gasteiger partial charge in [0.25, 0.3) is 0 Å². The molecule has 1 aromatic heterocycles. The molecule has 0 spiro atoms. The molecule has 0 saturated heterocycles. The molecular formula is C16H15N3O. The molecule has 0 aliphatic carbocycles. The van der Waals surface area contributed by atoms with Crippen molar-refractivity contribution in [1.82, 2.24) is 4.98 Å². The fraction of sp³-hybridized carbons (Fsp3) is 0.0625. The van der Waals surface area contributed by atoms with E-state index >= 15 is 0 Å². The summed E-state index contributed by atoms with van der Waals surface area (Å²) in [7, 11) is 1.62. The topological polar surface area (TPSA) is 60.2 Å². The van der Waals surface area contributed by atoms with Gasteiger partial charge in [0.05, 0.1) is 24.0 Å². The molecule has 100 valence electrons. The van der Waals surface area contributed by atoms with Crippen molar-refractivity contribution in [2.24, 2.45) is 0 Å². The second kappa shape index (κ2) is 5.09. The average molecular weight is 265 g/mol. The van der Waals surface area contributed by atoms with E-state index in [4.69, 9.17) is 10.5 Å². The number of nitrogens with zero attached hydrogens (tertiary/aromatic N) is 1. The summed E-state index contributed by atoms with van der Waals surface area (Å²) in [6.45, 7) is 0. The second-order valence-corrected chi connectivity index (χ2v) is 4.49. The predicted octanol–water partition coefficient (Wildman–Crippen LogP) is 3.57. The third-order valence-corrected chi connectivity index (χ3v) is 3.14. The highest BCUT2D eigenvalue weighted by atomic mass is 16.5. The van der Waals surface area contributed by atoms with E-state index in [1.165, 1.54) is 0 Å². The Labute approximate surface area is 117 Å². The molecule has 0 fully saturated rings. The first kappa shape index (κ1) is 12.3. The Morgan fingerprint density at radius 2 is 2.00 bits per heavy atom. The van der Waals surface area contributed by atoms with E-state index in [-0.39, 0.29) is 0 Å². The molecule has 3 rings (SSSR count). The molecule has 0 amide bonds. The Balaban J connectivity index is 1.92. The number of hydrogen-bond acceptors (Lipinski definition) is 4. The average Bonchev–Trinajstić information content (AvgIpc) is 2.49. The number of hydrogen-bond donors (Lipinski definition) is 2. The predicted molar refractivity (Wildman–Crippen MR) is 82.4 cm³/mol. The number of nitrogens with one attached hydrogen (secondary N) is 1.